The Labute approximate surface area is 162 Å². The van der Waals surface area contributed by atoms with Crippen molar-refractivity contribution >= 4 is 23.5 Å². The number of hydrogen-bond acceptors (Lipinski definition) is 5. The minimum atomic E-state index is -1.36. The molecule has 2 atom stereocenters. The Hall–Kier alpha value is -2.97. The maximum atomic E-state index is 13.0. The molecular formula is C19H24N4O5. The van der Waals surface area contributed by atoms with Gasteiger partial charge in [0.1, 0.15) is 12.1 Å². The van der Waals surface area contributed by atoms with E-state index < -0.39 is 22.4 Å². The summed E-state index contributed by atoms with van der Waals surface area (Å²) in [7, 11) is 0. The van der Waals surface area contributed by atoms with Gasteiger partial charge in [0.15, 0.2) is 0 Å². The number of non-ortho nitro benzene ring substituents is 1. The topological polar surface area (TPSA) is 113 Å². The standard InChI is InChI=1S/C19H24N4O5/c1-3-14-6-4-5-11-21(14)16(24)12-22-17(25)19(2,20-18(22)26)13-7-9-15(10-8-13)23(27)28/h7-10,14H,3-6,11-12H2,1-2H3,(H,20,26)/t14-,19-/m1/s1. The number of benzene rings is 1. The molecule has 1 N–H and O–H groups in total. The van der Waals surface area contributed by atoms with Gasteiger partial charge in [0.2, 0.25) is 5.91 Å². The fraction of sp³-hybridized carbons (Fsp3) is 0.526. The van der Waals surface area contributed by atoms with Gasteiger partial charge in [0.05, 0.1) is 4.92 Å². The van der Waals surface area contributed by atoms with Gasteiger partial charge in [-0.3, -0.25) is 24.6 Å². The highest BCUT2D eigenvalue weighted by molar-refractivity contribution is 6.09. The van der Waals surface area contributed by atoms with Gasteiger partial charge in [-0.25, -0.2) is 4.79 Å². The van der Waals surface area contributed by atoms with Crippen molar-refractivity contribution in [2.75, 3.05) is 13.1 Å². The normalized spacial score (nSPS) is 25.0. The number of carbonyl (C=O) groups excluding carboxylic acids is 3. The lowest BCUT2D eigenvalue weighted by molar-refractivity contribution is -0.384. The quantitative estimate of drug-likeness (QED) is 0.472. The first-order chi connectivity index (χ1) is 13.3. The van der Waals surface area contributed by atoms with E-state index in [1.54, 1.807) is 4.90 Å². The fourth-order valence-corrected chi connectivity index (χ4v) is 3.93. The number of rotatable bonds is 5. The summed E-state index contributed by atoms with van der Waals surface area (Å²) in [5.41, 5.74) is -1.04. The summed E-state index contributed by atoms with van der Waals surface area (Å²) < 4.78 is 0. The zero-order chi connectivity index (χ0) is 20.5. The van der Waals surface area contributed by atoms with E-state index in [0.717, 1.165) is 30.6 Å². The number of carbonyl (C=O) groups is 3. The largest absolute Gasteiger partial charge is 0.338 e. The number of urea groups is 1. The van der Waals surface area contributed by atoms with Crippen LogP contribution in [0.4, 0.5) is 10.5 Å². The van der Waals surface area contributed by atoms with Gasteiger partial charge in [-0.15, -0.1) is 0 Å². The molecule has 2 aliphatic rings. The Morgan fingerprint density at radius 1 is 1.29 bits per heavy atom. The van der Waals surface area contributed by atoms with E-state index in [2.05, 4.69) is 5.32 Å². The molecule has 150 valence electrons. The fourth-order valence-electron chi connectivity index (χ4n) is 3.93. The molecular weight excluding hydrogens is 364 g/mol. The Bertz CT molecular complexity index is 809. The molecule has 2 heterocycles. The molecule has 28 heavy (non-hydrogen) atoms. The lowest BCUT2D eigenvalue weighted by Crippen LogP contribution is -2.49. The van der Waals surface area contributed by atoms with Crippen LogP contribution in [-0.4, -0.2) is 51.7 Å². The number of nitrogens with one attached hydrogen (secondary N) is 1. The number of nitrogens with zero attached hydrogens (tertiary/aromatic N) is 3. The van der Waals surface area contributed by atoms with Gasteiger partial charge < -0.3 is 10.2 Å². The molecule has 0 unspecified atom stereocenters. The Balaban J connectivity index is 1.77. The Morgan fingerprint density at radius 3 is 2.57 bits per heavy atom. The second-order valence-corrected chi connectivity index (χ2v) is 7.40. The van der Waals surface area contributed by atoms with E-state index >= 15 is 0 Å². The molecule has 3 rings (SSSR count). The first-order valence-corrected chi connectivity index (χ1v) is 9.46. The van der Waals surface area contributed by atoms with Gasteiger partial charge >= 0.3 is 6.03 Å². The average molecular weight is 388 g/mol. The van der Waals surface area contributed by atoms with Crippen molar-refractivity contribution in [2.45, 2.75) is 51.1 Å². The van der Waals surface area contributed by atoms with Crippen LogP contribution in [0.15, 0.2) is 24.3 Å². The predicted molar refractivity (Wildman–Crippen MR) is 100 cm³/mol. The lowest BCUT2D eigenvalue weighted by atomic mass is 9.92. The second kappa shape index (κ2) is 7.57. The van der Waals surface area contributed by atoms with Crippen LogP contribution in [0.3, 0.4) is 0 Å². The molecule has 0 bridgehead atoms. The third-order valence-electron chi connectivity index (χ3n) is 5.64. The molecule has 4 amide bonds. The lowest BCUT2D eigenvalue weighted by Gasteiger charge is -2.36. The van der Waals surface area contributed by atoms with E-state index in [9.17, 15) is 24.5 Å². The zero-order valence-corrected chi connectivity index (χ0v) is 16.0. The van der Waals surface area contributed by atoms with Crippen LogP contribution in [0.2, 0.25) is 0 Å². The monoisotopic (exact) mass is 388 g/mol. The molecule has 0 saturated carbocycles. The van der Waals surface area contributed by atoms with E-state index in [4.69, 9.17) is 0 Å². The van der Waals surface area contributed by atoms with Crippen LogP contribution in [0, 0.1) is 10.1 Å². The van der Waals surface area contributed by atoms with Crippen molar-refractivity contribution in [1.29, 1.82) is 0 Å². The summed E-state index contributed by atoms with van der Waals surface area (Å²) in [5, 5.41) is 13.4. The molecule has 0 aromatic heterocycles. The van der Waals surface area contributed by atoms with Gasteiger partial charge in [0, 0.05) is 24.7 Å². The molecule has 9 heteroatoms. The van der Waals surface area contributed by atoms with Crippen molar-refractivity contribution in [3.05, 3.63) is 39.9 Å². The number of amides is 4. The van der Waals surface area contributed by atoms with Crippen LogP contribution >= 0.6 is 0 Å². The smallest absolute Gasteiger partial charge is 0.325 e. The predicted octanol–water partition coefficient (Wildman–Crippen LogP) is 2.15. The van der Waals surface area contributed by atoms with Gasteiger partial charge in [-0.05, 0) is 50.3 Å². The van der Waals surface area contributed by atoms with Crippen LogP contribution in [-0.2, 0) is 15.1 Å². The Morgan fingerprint density at radius 2 is 1.96 bits per heavy atom. The summed E-state index contributed by atoms with van der Waals surface area (Å²) in [6.45, 7) is 3.90. The second-order valence-electron chi connectivity index (χ2n) is 7.40. The van der Waals surface area contributed by atoms with E-state index in [-0.39, 0.29) is 24.2 Å². The van der Waals surface area contributed by atoms with Gasteiger partial charge in [0.25, 0.3) is 11.6 Å². The maximum absolute atomic E-state index is 13.0. The summed E-state index contributed by atoms with van der Waals surface area (Å²) in [6, 6.07) is 4.96. The first kappa shape index (κ1) is 19.8. The molecule has 2 fully saturated rings. The van der Waals surface area contributed by atoms with Crippen molar-refractivity contribution in [2.24, 2.45) is 0 Å². The van der Waals surface area contributed by atoms with Gasteiger partial charge in [-0.1, -0.05) is 6.92 Å². The van der Waals surface area contributed by atoms with Crippen LogP contribution < -0.4 is 5.32 Å². The van der Waals surface area contributed by atoms with Gasteiger partial charge in [-0.2, -0.15) is 0 Å². The number of nitro groups is 1. The van der Waals surface area contributed by atoms with E-state index in [1.165, 1.54) is 31.2 Å². The highest BCUT2D eigenvalue weighted by Gasteiger charge is 2.50. The minimum Gasteiger partial charge on any atom is -0.338 e. The highest BCUT2D eigenvalue weighted by atomic mass is 16.6. The summed E-state index contributed by atoms with van der Waals surface area (Å²) in [5.74, 6) is -0.771. The number of likely N-dealkylation sites (tertiary alicyclic amines) is 1. The zero-order valence-electron chi connectivity index (χ0n) is 16.0. The van der Waals surface area contributed by atoms with Crippen molar-refractivity contribution in [3.63, 3.8) is 0 Å². The average Bonchev–Trinajstić information content (AvgIpc) is 2.91. The van der Waals surface area contributed by atoms with Crippen molar-refractivity contribution in [1.82, 2.24) is 15.1 Å². The van der Waals surface area contributed by atoms with Crippen LogP contribution in [0.25, 0.3) is 0 Å². The summed E-state index contributed by atoms with van der Waals surface area (Å²) in [6.07, 6.45) is 3.77. The van der Waals surface area contributed by atoms with E-state index in [0.29, 0.717) is 12.1 Å². The molecule has 9 nitrogen and oxygen atoms in total. The van der Waals surface area contributed by atoms with Crippen LogP contribution in [0.1, 0.15) is 45.1 Å². The number of nitro benzene ring substituents is 1. The number of piperidine rings is 1. The molecule has 0 radical (unpaired) electrons. The molecule has 0 aliphatic carbocycles. The minimum absolute atomic E-state index is 0.105. The molecule has 1 aromatic rings. The molecule has 1 aromatic carbocycles. The van der Waals surface area contributed by atoms with E-state index in [1.807, 2.05) is 6.92 Å². The van der Waals surface area contributed by atoms with Crippen LogP contribution in [0.5, 0.6) is 0 Å². The van der Waals surface area contributed by atoms with Crippen molar-refractivity contribution < 1.29 is 19.3 Å². The molecule has 0 spiro atoms. The first-order valence-electron chi connectivity index (χ1n) is 9.46. The van der Waals surface area contributed by atoms with Crippen molar-refractivity contribution in [3.8, 4) is 0 Å². The molecule has 2 saturated heterocycles. The summed E-state index contributed by atoms with van der Waals surface area (Å²) in [4.78, 5) is 51.2. The third-order valence-corrected chi connectivity index (χ3v) is 5.64. The molecule has 2 aliphatic heterocycles. The SMILES string of the molecule is CC[C@@H]1CCCCN1C(=O)CN1C(=O)N[C@](C)(c2ccc([N+](=O)[O-])cc2)C1=O. The Kier molecular flexibility index (Phi) is 5.35. The highest BCUT2D eigenvalue weighted by Crippen LogP contribution is 2.30. The summed E-state index contributed by atoms with van der Waals surface area (Å²) >= 11 is 0. The number of hydrogen-bond donors (Lipinski definition) is 1. The third kappa shape index (κ3) is 3.44. The maximum Gasteiger partial charge on any atom is 0.325 e. The number of imide groups is 1.